The molecular weight excluding hydrogens is 474 g/mol. The lowest BCUT2D eigenvalue weighted by molar-refractivity contribution is 0.0207. The third-order valence-corrected chi connectivity index (χ3v) is 7.08. The van der Waals surface area contributed by atoms with E-state index in [-0.39, 0.29) is 12.2 Å². The van der Waals surface area contributed by atoms with E-state index < -0.39 is 21.7 Å². The number of carbonyl (C=O) groups is 1. The van der Waals surface area contributed by atoms with Crippen molar-refractivity contribution in [2.45, 2.75) is 96.5 Å². The number of rotatable bonds is 10. The van der Waals surface area contributed by atoms with Crippen molar-refractivity contribution in [3.63, 3.8) is 0 Å². The number of carbonyl (C=O) groups excluding carboxylic acids is 1. The van der Waals surface area contributed by atoms with Crippen molar-refractivity contribution in [3.8, 4) is 0 Å². The van der Waals surface area contributed by atoms with Crippen molar-refractivity contribution in [2.24, 2.45) is 4.40 Å². The van der Waals surface area contributed by atoms with Crippen LogP contribution in [-0.2, 0) is 27.3 Å². The number of hydrogen-bond acceptors (Lipinski definition) is 6. The van der Waals surface area contributed by atoms with E-state index in [2.05, 4.69) is 9.38 Å². The highest BCUT2D eigenvalue weighted by Crippen LogP contribution is 2.21. The van der Waals surface area contributed by atoms with Crippen molar-refractivity contribution in [2.75, 3.05) is 19.7 Å². The van der Waals surface area contributed by atoms with Gasteiger partial charge in [-0.2, -0.15) is 0 Å². The Bertz CT molecular complexity index is 823. The Hall–Kier alpha value is -1.35. The van der Waals surface area contributed by atoms with E-state index in [4.69, 9.17) is 21.1 Å². The number of pyridine rings is 1. The second-order valence-corrected chi connectivity index (χ2v) is 12.9. The molecule has 1 amide bonds. The molecule has 1 fully saturated rings. The van der Waals surface area contributed by atoms with Crippen LogP contribution >= 0.6 is 11.6 Å². The molecule has 1 aliphatic heterocycles. The Morgan fingerprint density at radius 1 is 1.26 bits per heavy atom. The average Bonchev–Trinajstić information content (AvgIpc) is 3.19. The molecule has 34 heavy (non-hydrogen) atoms. The summed E-state index contributed by atoms with van der Waals surface area (Å²) in [5.74, 6) is 0. The maximum Gasteiger partial charge on any atom is 0.410 e. The van der Waals surface area contributed by atoms with E-state index in [0.29, 0.717) is 37.7 Å². The molecular formula is C25H40ClN3O4S. The van der Waals surface area contributed by atoms with Crippen LogP contribution in [0, 0.1) is 0 Å². The summed E-state index contributed by atoms with van der Waals surface area (Å²) < 4.78 is 28.2. The molecule has 0 saturated carbocycles. The molecule has 2 atom stereocenters. The van der Waals surface area contributed by atoms with Gasteiger partial charge in [-0.05, 0) is 91.7 Å². The zero-order valence-electron chi connectivity index (χ0n) is 21.4. The van der Waals surface area contributed by atoms with Gasteiger partial charge in [-0.3, -0.25) is 0 Å². The van der Waals surface area contributed by atoms with Crippen molar-refractivity contribution in [1.29, 1.82) is 0 Å². The lowest BCUT2D eigenvalue weighted by Gasteiger charge is -2.24. The predicted octanol–water partition coefficient (Wildman–Crippen LogP) is 5.77. The van der Waals surface area contributed by atoms with Gasteiger partial charge in [-0.1, -0.05) is 22.1 Å². The largest absolute Gasteiger partial charge is 0.591 e. The number of amides is 1. The minimum Gasteiger partial charge on any atom is -0.591 e. The van der Waals surface area contributed by atoms with Crippen LogP contribution in [0.15, 0.2) is 22.7 Å². The zero-order chi connectivity index (χ0) is 25.4. The summed E-state index contributed by atoms with van der Waals surface area (Å²) in [5, 5.41) is 0.504. The monoisotopic (exact) mass is 513 g/mol. The Labute approximate surface area is 213 Å². The first-order valence-electron chi connectivity index (χ1n) is 12.0. The lowest BCUT2D eigenvalue weighted by Crippen LogP contribution is -2.36. The maximum atomic E-state index is 12.6. The quantitative estimate of drug-likeness (QED) is 0.171. The Kier molecular flexibility index (Phi) is 11.1. The molecule has 0 radical (unpaired) electrons. The highest BCUT2D eigenvalue weighted by Gasteiger charge is 2.30. The third kappa shape index (κ3) is 10.5. The van der Waals surface area contributed by atoms with Crippen LogP contribution in [0.3, 0.4) is 0 Å². The molecule has 2 rings (SSSR count). The van der Waals surface area contributed by atoms with Crippen molar-refractivity contribution in [1.82, 2.24) is 9.88 Å². The second-order valence-electron chi connectivity index (χ2n) is 10.6. The lowest BCUT2D eigenvalue weighted by atomic mass is 10.0. The van der Waals surface area contributed by atoms with Crippen LogP contribution in [0.25, 0.3) is 0 Å². The first-order chi connectivity index (χ1) is 15.8. The smallest absolute Gasteiger partial charge is 0.410 e. The van der Waals surface area contributed by atoms with Gasteiger partial charge >= 0.3 is 6.09 Å². The average molecular weight is 514 g/mol. The van der Waals surface area contributed by atoms with Crippen LogP contribution < -0.4 is 0 Å². The molecule has 1 saturated heterocycles. The number of aromatic nitrogens is 1. The minimum atomic E-state index is -1.30. The number of likely N-dealkylation sites (tertiary alicyclic amines) is 1. The molecule has 0 N–H and O–H groups in total. The molecule has 1 aliphatic rings. The summed E-state index contributed by atoms with van der Waals surface area (Å²) in [7, 11) is 0. The van der Waals surface area contributed by atoms with Crippen LogP contribution in [0.5, 0.6) is 0 Å². The van der Waals surface area contributed by atoms with Crippen LogP contribution in [0.4, 0.5) is 4.79 Å². The summed E-state index contributed by atoms with van der Waals surface area (Å²) in [6.45, 7) is 13.2. The number of ether oxygens (including phenoxy) is 2. The molecule has 1 aromatic heterocycles. The van der Waals surface area contributed by atoms with E-state index in [0.717, 1.165) is 37.0 Å². The van der Waals surface area contributed by atoms with Crippen LogP contribution in [0.2, 0.25) is 5.15 Å². The molecule has 2 heterocycles. The minimum absolute atomic E-state index is 0.0433. The molecule has 0 aliphatic carbocycles. The molecule has 7 nitrogen and oxygen atoms in total. The van der Waals surface area contributed by atoms with Gasteiger partial charge in [-0.25, -0.2) is 9.78 Å². The summed E-state index contributed by atoms with van der Waals surface area (Å²) in [6, 6.07) is 3.83. The molecule has 192 valence electrons. The summed E-state index contributed by atoms with van der Waals surface area (Å²) in [4.78, 5) is 18.0. The third-order valence-electron chi connectivity index (χ3n) is 5.27. The fraction of sp³-hybridized carbons (Fsp3) is 0.720. The Morgan fingerprint density at radius 2 is 2.00 bits per heavy atom. The van der Waals surface area contributed by atoms with E-state index >= 15 is 0 Å². The van der Waals surface area contributed by atoms with Crippen molar-refractivity contribution in [3.05, 3.63) is 29.0 Å². The first kappa shape index (κ1) is 28.9. The fourth-order valence-corrected chi connectivity index (χ4v) is 4.30. The Balaban J connectivity index is 1.78. The zero-order valence-corrected chi connectivity index (χ0v) is 23.0. The highest BCUT2D eigenvalue weighted by molar-refractivity contribution is 7.91. The molecule has 0 aromatic carbocycles. The molecule has 0 spiro atoms. The van der Waals surface area contributed by atoms with Gasteiger partial charge in [-0.15, -0.1) is 0 Å². The summed E-state index contributed by atoms with van der Waals surface area (Å²) in [6.07, 6.45) is 6.20. The predicted molar refractivity (Wildman–Crippen MR) is 139 cm³/mol. The fourth-order valence-electron chi connectivity index (χ4n) is 3.39. The normalized spacial score (nSPS) is 18.3. The Morgan fingerprint density at radius 3 is 2.65 bits per heavy atom. The number of hydrogen-bond donors (Lipinski definition) is 0. The first-order valence-corrected chi connectivity index (χ1v) is 13.5. The van der Waals surface area contributed by atoms with Crippen LogP contribution in [0.1, 0.15) is 79.2 Å². The number of unbranched alkanes of at least 4 members (excludes halogenated alkanes) is 1. The summed E-state index contributed by atoms with van der Waals surface area (Å²) in [5.41, 5.74) is 1.41. The topological polar surface area (TPSA) is 87.1 Å². The van der Waals surface area contributed by atoms with E-state index in [1.807, 2.05) is 53.7 Å². The molecule has 9 heteroatoms. The van der Waals surface area contributed by atoms with E-state index in [1.165, 1.54) is 0 Å². The van der Waals surface area contributed by atoms with E-state index in [9.17, 15) is 9.35 Å². The molecule has 0 bridgehead atoms. The van der Waals surface area contributed by atoms with Crippen LogP contribution in [-0.4, -0.2) is 62.4 Å². The van der Waals surface area contributed by atoms with E-state index in [1.54, 1.807) is 11.1 Å². The van der Waals surface area contributed by atoms with Crippen molar-refractivity contribution >= 4 is 34.8 Å². The number of nitrogens with zero attached hydrogens (tertiary/aromatic N) is 3. The van der Waals surface area contributed by atoms with Gasteiger partial charge in [0, 0.05) is 19.3 Å². The highest BCUT2D eigenvalue weighted by atomic mass is 35.5. The molecule has 1 aromatic rings. The van der Waals surface area contributed by atoms with Crippen molar-refractivity contribution < 1.29 is 18.8 Å². The number of halogens is 1. The SMILES string of the molecule is CC(C)(C)OC(=O)N1CCC(OCCCCC(CCc2cccnc2Cl)=N[S@+]([O-])C(C)(C)C)C1. The summed E-state index contributed by atoms with van der Waals surface area (Å²) >= 11 is 4.90. The van der Waals surface area contributed by atoms with Gasteiger partial charge in [0.15, 0.2) is 0 Å². The second kappa shape index (κ2) is 13.1. The van der Waals surface area contributed by atoms with Gasteiger partial charge in [0.05, 0.1) is 18.4 Å². The standard InChI is InChI=1S/C25H40ClN3O4S/c1-24(2,3)33-23(30)29-16-14-21(18-29)32-17-8-7-11-20(28-34(31)25(4,5)6)13-12-19-10-9-15-27-22(19)26/h9-10,15,21H,7-8,11-14,16-18H2,1-6H3/t21?,34-/m1/s1. The van der Waals surface area contributed by atoms with Gasteiger partial charge in [0.1, 0.15) is 26.9 Å². The molecule has 1 unspecified atom stereocenters. The number of aryl methyl sites for hydroxylation is 1. The van der Waals surface area contributed by atoms with Gasteiger partial charge < -0.3 is 18.9 Å². The maximum absolute atomic E-state index is 12.6. The van der Waals surface area contributed by atoms with Gasteiger partial charge in [0.2, 0.25) is 0 Å². The van der Waals surface area contributed by atoms with Gasteiger partial charge in [0.25, 0.3) is 0 Å².